The van der Waals surface area contributed by atoms with Crippen LogP contribution in [0, 0.1) is 0 Å². The number of hydrogen-bond donors (Lipinski definition) is 1. The van der Waals surface area contributed by atoms with Crippen LogP contribution in [-0.2, 0) is 13.6 Å². The van der Waals surface area contributed by atoms with Crippen LogP contribution in [0.1, 0.15) is 24.2 Å². The number of hydrogen-bond acceptors (Lipinski definition) is 3. The van der Waals surface area contributed by atoms with Crippen LogP contribution in [0.15, 0.2) is 30.5 Å². The lowest BCUT2D eigenvalue weighted by Gasteiger charge is -2.17. The number of aromatic nitrogens is 2. The Morgan fingerprint density at radius 1 is 1.42 bits per heavy atom. The van der Waals surface area contributed by atoms with Gasteiger partial charge < -0.3 is 10.1 Å². The number of ether oxygens (including phenoxy) is 1. The summed E-state index contributed by atoms with van der Waals surface area (Å²) in [6.45, 7) is 2.83. The van der Waals surface area contributed by atoms with Crippen molar-refractivity contribution in [1.82, 2.24) is 15.1 Å². The van der Waals surface area contributed by atoms with E-state index >= 15 is 0 Å². The summed E-state index contributed by atoms with van der Waals surface area (Å²) in [6, 6.07) is 7.79. The van der Waals surface area contributed by atoms with Crippen molar-refractivity contribution in [3.05, 3.63) is 46.7 Å². The Morgan fingerprint density at radius 3 is 2.84 bits per heavy atom. The minimum atomic E-state index is 0.142. The molecule has 1 aromatic heterocycles. The monoisotopic (exact) mass is 279 g/mol. The van der Waals surface area contributed by atoms with E-state index in [2.05, 4.69) is 17.3 Å². The van der Waals surface area contributed by atoms with Crippen molar-refractivity contribution in [3.8, 4) is 5.75 Å². The van der Waals surface area contributed by atoms with Crippen LogP contribution < -0.4 is 10.1 Å². The Balaban J connectivity index is 2.09. The van der Waals surface area contributed by atoms with Crippen molar-refractivity contribution >= 4 is 11.6 Å². The van der Waals surface area contributed by atoms with Gasteiger partial charge in [-0.15, -0.1) is 0 Å². The third kappa shape index (κ3) is 3.28. The molecule has 0 amide bonds. The summed E-state index contributed by atoms with van der Waals surface area (Å²) in [4.78, 5) is 0. The van der Waals surface area contributed by atoms with Crippen LogP contribution in [0.3, 0.4) is 0 Å². The third-order valence-electron chi connectivity index (χ3n) is 3.17. The molecule has 2 rings (SSSR count). The van der Waals surface area contributed by atoms with Gasteiger partial charge in [0, 0.05) is 36.4 Å². The Bertz CT molecular complexity index is 553. The number of benzene rings is 1. The van der Waals surface area contributed by atoms with Crippen LogP contribution in [0.5, 0.6) is 5.75 Å². The van der Waals surface area contributed by atoms with Crippen LogP contribution in [-0.4, -0.2) is 16.9 Å². The van der Waals surface area contributed by atoms with Gasteiger partial charge in [0.25, 0.3) is 0 Å². The fourth-order valence-corrected chi connectivity index (χ4v) is 2.17. The van der Waals surface area contributed by atoms with Gasteiger partial charge >= 0.3 is 0 Å². The van der Waals surface area contributed by atoms with E-state index in [9.17, 15) is 0 Å². The fraction of sp³-hybridized carbons (Fsp3) is 0.357. The molecule has 1 heterocycles. The van der Waals surface area contributed by atoms with Gasteiger partial charge in [0.2, 0.25) is 0 Å². The number of nitrogens with zero attached hydrogens (tertiary/aromatic N) is 2. The second-order valence-electron chi connectivity index (χ2n) is 4.44. The van der Waals surface area contributed by atoms with E-state index in [-0.39, 0.29) is 6.04 Å². The zero-order valence-electron chi connectivity index (χ0n) is 11.4. The molecule has 0 spiro atoms. The van der Waals surface area contributed by atoms with Gasteiger partial charge in [0.15, 0.2) is 0 Å². The van der Waals surface area contributed by atoms with Gasteiger partial charge in [0.05, 0.1) is 12.8 Å². The maximum Gasteiger partial charge on any atom is 0.123 e. The molecule has 5 heteroatoms. The molecule has 0 aliphatic heterocycles. The summed E-state index contributed by atoms with van der Waals surface area (Å²) in [5.41, 5.74) is 2.19. The quantitative estimate of drug-likeness (QED) is 0.915. The smallest absolute Gasteiger partial charge is 0.123 e. The summed E-state index contributed by atoms with van der Waals surface area (Å²) in [5, 5.41) is 8.30. The standard InChI is InChI=1S/C14H18ClN3O/c1-10(16-9-12-6-7-17-18(12)2)13-8-11(15)4-5-14(13)19-3/h4-8,10,16H,9H2,1-3H3. The van der Waals surface area contributed by atoms with Crippen LogP contribution in [0.2, 0.25) is 5.02 Å². The maximum absolute atomic E-state index is 6.05. The Kier molecular flexibility index (Phi) is 4.45. The van der Waals surface area contributed by atoms with Gasteiger partial charge in [0.1, 0.15) is 5.75 Å². The van der Waals surface area contributed by atoms with Gasteiger partial charge in [-0.25, -0.2) is 0 Å². The molecule has 0 aliphatic carbocycles. The minimum Gasteiger partial charge on any atom is -0.496 e. The van der Waals surface area contributed by atoms with Gasteiger partial charge in [-0.1, -0.05) is 11.6 Å². The molecule has 0 radical (unpaired) electrons. The highest BCUT2D eigenvalue weighted by Gasteiger charge is 2.12. The topological polar surface area (TPSA) is 39.1 Å². The van der Waals surface area contributed by atoms with Gasteiger partial charge in [-0.2, -0.15) is 5.10 Å². The zero-order chi connectivity index (χ0) is 13.8. The Labute approximate surface area is 118 Å². The first-order valence-electron chi connectivity index (χ1n) is 6.15. The lowest BCUT2D eigenvalue weighted by Crippen LogP contribution is -2.20. The van der Waals surface area contributed by atoms with E-state index < -0.39 is 0 Å². The molecule has 19 heavy (non-hydrogen) atoms. The van der Waals surface area contributed by atoms with E-state index in [1.807, 2.05) is 36.0 Å². The van der Waals surface area contributed by atoms with Crippen LogP contribution in [0.4, 0.5) is 0 Å². The fourth-order valence-electron chi connectivity index (χ4n) is 1.99. The van der Waals surface area contributed by atoms with Crippen molar-refractivity contribution in [3.63, 3.8) is 0 Å². The van der Waals surface area contributed by atoms with Crippen LogP contribution in [0.25, 0.3) is 0 Å². The number of methoxy groups -OCH3 is 1. The number of nitrogens with one attached hydrogen (secondary N) is 1. The summed E-state index contributed by atoms with van der Waals surface area (Å²) in [6.07, 6.45) is 1.79. The second kappa shape index (κ2) is 6.08. The highest BCUT2D eigenvalue weighted by atomic mass is 35.5. The molecule has 1 aromatic carbocycles. The summed E-state index contributed by atoms with van der Waals surface area (Å²) < 4.78 is 7.22. The van der Waals surface area contributed by atoms with Crippen molar-refractivity contribution < 1.29 is 4.74 Å². The molecular formula is C14H18ClN3O. The van der Waals surface area contributed by atoms with E-state index in [1.165, 1.54) is 0 Å². The number of rotatable bonds is 5. The molecule has 0 aliphatic rings. The van der Waals surface area contributed by atoms with Crippen LogP contribution >= 0.6 is 11.6 Å². The molecular weight excluding hydrogens is 262 g/mol. The molecule has 0 saturated heterocycles. The summed E-state index contributed by atoms with van der Waals surface area (Å²) in [7, 11) is 3.60. The maximum atomic E-state index is 6.05. The second-order valence-corrected chi connectivity index (χ2v) is 4.87. The van der Waals surface area contributed by atoms with Crippen molar-refractivity contribution in [1.29, 1.82) is 0 Å². The zero-order valence-corrected chi connectivity index (χ0v) is 12.1. The molecule has 2 aromatic rings. The predicted octanol–water partition coefficient (Wildman–Crippen LogP) is 2.93. The van der Waals surface area contributed by atoms with E-state index in [0.29, 0.717) is 5.02 Å². The average molecular weight is 280 g/mol. The Hall–Kier alpha value is -1.52. The van der Waals surface area contributed by atoms with Crippen molar-refractivity contribution in [2.45, 2.75) is 19.5 Å². The first-order chi connectivity index (χ1) is 9.11. The van der Waals surface area contributed by atoms with Crippen molar-refractivity contribution in [2.75, 3.05) is 7.11 Å². The average Bonchev–Trinajstić information content (AvgIpc) is 2.81. The SMILES string of the molecule is COc1ccc(Cl)cc1C(C)NCc1ccnn1C. The highest BCUT2D eigenvalue weighted by molar-refractivity contribution is 6.30. The molecule has 0 fully saturated rings. The van der Waals surface area contributed by atoms with Gasteiger partial charge in [-0.3, -0.25) is 4.68 Å². The molecule has 1 N–H and O–H groups in total. The minimum absolute atomic E-state index is 0.142. The van der Waals surface area contributed by atoms with E-state index in [1.54, 1.807) is 13.3 Å². The van der Waals surface area contributed by atoms with E-state index in [0.717, 1.165) is 23.6 Å². The first kappa shape index (κ1) is 13.9. The number of halogens is 1. The van der Waals surface area contributed by atoms with Gasteiger partial charge in [-0.05, 0) is 31.2 Å². The molecule has 102 valence electrons. The molecule has 0 saturated carbocycles. The molecule has 4 nitrogen and oxygen atoms in total. The molecule has 1 atom stereocenters. The predicted molar refractivity (Wildman–Crippen MR) is 76.5 cm³/mol. The third-order valence-corrected chi connectivity index (χ3v) is 3.41. The van der Waals surface area contributed by atoms with E-state index in [4.69, 9.17) is 16.3 Å². The summed E-state index contributed by atoms with van der Waals surface area (Å²) >= 11 is 6.05. The summed E-state index contributed by atoms with van der Waals surface area (Å²) in [5.74, 6) is 0.842. The Morgan fingerprint density at radius 2 is 2.21 bits per heavy atom. The largest absolute Gasteiger partial charge is 0.496 e. The van der Waals surface area contributed by atoms with Crippen molar-refractivity contribution in [2.24, 2.45) is 7.05 Å². The highest BCUT2D eigenvalue weighted by Crippen LogP contribution is 2.28. The normalized spacial score (nSPS) is 12.4. The lowest BCUT2D eigenvalue weighted by atomic mass is 10.1. The molecule has 1 unspecified atom stereocenters. The first-order valence-corrected chi connectivity index (χ1v) is 6.53. The molecule has 0 bridgehead atoms. The number of aryl methyl sites for hydroxylation is 1. The lowest BCUT2D eigenvalue weighted by molar-refractivity contribution is 0.401.